The quantitative estimate of drug-likeness (QED) is 0.842. The highest BCUT2D eigenvalue weighted by Crippen LogP contribution is 2.18. The van der Waals surface area contributed by atoms with E-state index in [4.69, 9.17) is 0 Å². The van der Waals surface area contributed by atoms with Crippen LogP contribution in [-0.4, -0.2) is 17.1 Å². The van der Waals surface area contributed by atoms with E-state index in [2.05, 4.69) is 19.2 Å². The standard InChI is InChI=1S/C15H23NO2/c1-5-14(11(4)17)15(18)16-13-8-6-12(7-9-13)10(2)3/h6-11,14,17H,5H2,1-4H3,(H,16,18). The van der Waals surface area contributed by atoms with Crippen LogP contribution in [0.4, 0.5) is 5.69 Å². The number of carbonyl (C=O) groups excluding carboxylic acids is 1. The molecule has 1 aromatic carbocycles. The average molecular weight is 249 g/mol. The van der Waals surface area contributed by atoms with Gasteiger partial charge in [-0.3, -0.25) is 4.79 Å². The molecule has 0 bridgehead atoms. The molecule has 2 atom stereocenters. The zero-order chi connectivity index (χ0) is 13.7. The lowest BCUT2D eigenvalue weighted by Crippen LogP contribution is -2.30. The summed E-state index contributed by atoms with van der Waals surface area (Å²) in [4.78, 5) is 11.9. The van der Waals surface area contributed by atoms with Crippen LogP contribution in [0.15, 0.2) is 24.3 Å². The van der Waals surface area contributed by atoms with Crippen molar-refractivity contribution in [2.45, 2.75) is 46.1 Å². The molecule has 0 aliphatic carbocycles. The minimum Gasteiger partial charge on any atom is -0.393 e. The Morgan fingerprint density at radius 3 is 2.17 bits per heavy atom. The second kappa shape index (κ2) is 6.55. The highest BCUT2D eigenvalue weighted by Gasteiger charge is 2.21. The van der Waals surface area contributed by atoms with Crippen LogP contribution in [0.3, 0.4) is 0 Å². The summed E-state index contributed by atoms with van der Waals surface area (Å²) in [5.74, 6) is 0.00942. The SMILES string of the molecule is CCC(C(=O)Nc1ccc(C(C)C)cc1)C(C)O. The molecule has 18 heavy (non-hydrogen) atoms. The molecule has 0 spiro atoms. The smallest absolute Gasteiger partial charge is 0.230 e. The molecule has 3 nitrogen and oxygen atoms in total. The lowest BCUT2D eigenvalue weighted by atomic mass is 9.99. The zero-order valence-electron chi connectivity index (χ0n) is 11.6. The summed E-state index contributed by atoms with van der Waals surface area (Å²) in [7, 11) is 0. The Balaban J connectivity index is 2.70. The van der Waals surface area contributed by atoms with E-state index in [1.165, 1.54) is 5.56 Å². The first-order valence-corrected chi connectivity index (χ1v) is 6.54. The second-order valence-electron chi connectivity index (χ2n) is 5.02. The molecule has 0 saturated carbocycles. The molecule has 2 N–H and O–H groups in total. The molecule has 100 valence electrons. The van der Waals surface area contributed by atoms with E-state index in [-0.39, 0.29) is 11.8 Å². The van der Waals surface area contributed by atoms with E-state index in [0.29, 0.717) is 12.3 Å². The molecular formula is C15H23NO2. The molecule has 0 aromatic heterocycles. The molecule has 1 aromatic rings. The van der Waals surface area contributed by atoms with Crippen molar-refractivity contribution < 1.29 is 9.90 Å². The van der Waals surface area contributed by atoms with Gasteiger partial charge >= 0.3 is 0 Å². The van der Waals surface area contributed by atoms with Crippen LogP contribution in [0, 0.1) is 5.92 Å². The second-order valence-corrected chi connectivity index (χ2v) is 5.02. The van der Waals surface area contributed by atoms with E-state index < -0.39 is 6.10 Å². The van der Waals surface area contributed by atoms with Crippen molar-refractivity contribution in [3.8, 4) is 0 Å². The van der Waals surface area contributed by atoms with Crippen LogP contribution in [0.1, 0.15) is 45.6 Å². The van der Waals surface area contributed by atoms with Gasteiger partial charge in [0.05, 0.1) is 12.0 Å². The zero-order valence-corrected chi connectivity index (χ0v) is 11.6. The van der Waals surface area contributed by atoms with E-state index in [1.807, 2.05) is 31.2 Å². The van der Waals surface area contributed by atoms with Gasteiger partial charge in [0.25, 0.3) is 0 Å². The molecule has 3 heteroatoms. The van der Waals surface area contributed by atoms with Crippen LogP contribution in [0.25, 0.3) is 0 Å². The first kappa shape index (κ1) is 14.7. The lowest BCUT2D eigenvalue weighted by molar-refractivity contribution is -0.123. The summed E-state index contributed by atoms with van der Waals surface area (Å²) >= 11 is 0. The largest absolute Gasteiger partial charge is 0.393 e. The number of hydrogen-bond acceptors (Lipinski definition) is 2. The van der Waals surface area contributed by atoms with Gasteiger partial charge in [0.2, 0.25) is 5.91 Å². The maximum absolute atomic E-state index is 11.9. The van der Waals surface area contributed by atoms with Gasteiger partial charge in [-0.05, 0) is 37.0 Å². The lowest BCUT2D eigenvalue weighted by Gasteiger charge is -2.17. The van der Waals surface area contributed by atoms with Gasteiger partial charge in [-0.2, -0.15) is 0 Å². The molecule has 2 unspecified atom stereocenters. The van der Waals surface area contributed by atoms with Crippen molar-refractivity contribution in [3.63, 3.8) is 0 Å². The van der Waals surface area contributed by atoms with Crippen molar-refractivity contribution in [2.75, 3.05) is 5.32 Å². The van der Waals surface area contributed by atoms with Crippen LogP contribution < -0.4 is 5.32 Å². The molecular weight excluding hydrogens is 226 g/mol. The molecule has 0 aliphatic heterocycles. The van der Waals surface area contributed by atoms with Crippen molar-refractivity contribution in [1.29, 1.82) is 0 Å². The first-order chi connectivity index (χ1) is 8.45. The Morgan fingerprint density at radius 2 is 1.78 bits per heavy atom. The summed E-state index contributed by atoms with van der Waals surface area (Å²) in [5.41, 5.74) is 2.03. The predicted molar refractivity (Wildman–Crippen MR) is 74.6 cm³/mol. The molecule has 0 saturated heterocycles. The number of anilines is 1. The average Bonchev–Trinajstić information content (AvgIpc) is 2.29. The molecule has 1 amide bonds. The number of aliphatic hydroxyl groups excluding tert-OH is 1. The number of benzene rings is 1. The first-order valence-electron chi connectivity index (χ1n) is 6.54. The van der Waals surface area contributed by atoms with E-state index in [9.17, 15) is 9.90 Å². The van der Waals surface area contributed by atoms with Crippen LogP contribution in [0.2, 0.25) is 0 Å². The highest BCUT2D eigenvalue weighted by atomic mass is 16.3. The summed E-state index contributed by atoms with van der Waals surface area (Å²) < 4.78 is 0. The van der Waals surface area contributed by atoms with Crippen molar-refractivity contribution in [2.24, 2.45) is 5.92 Å². The molecule has 1 rings (SSSR count). The maximum atomic E-state index is 11.9. The number of nitrogens with one attached hydrogen (secondary N) is 1. The van der Waals surface area contributed by atoms with E-state index in [1.54, 1.807) is 6.92 Å². The fourth-order valence-electron chi connectivity index (χ4n) is 1.93. The molecule has 0 heterocycles. The van der Waals surface area contributed by atoms with Crippen LogP contribution >= 0.6 is 0 Å². The Hall–Kier alpha value is -1.35. The Morgan fingerprint density at radius 1 is 1.22 bits per heavy atom. The fourth-order valence-corrected chi connectivity index (χ4v) is 1.93. The van der Waals surface area contributed by atoms with Crippen LogP contribution in [0.5, 0.6) is 0 Å². The van der Waals surface area contributed by atoms with Crippen molar-refractivity contribution in [3.05, 3.63) is 29.8 Å². The van der Waals surface area contributed by atoms with E-state index in [0.717, 1.165) is 5.69 Å². The third kappa shape index (κ3) is 3.84. The Kier molecular flexibility index (Phi) is 5.35. The summed E-state index contributed by atoms with van der Waals surface area (Å²) in [6.07, 6.45) is 0.0121. The maximum Gasteiger partial charge on any atom is 0.230 e. The van der Waals surface area contributed by atoms with Crippen molar-refractivity contribution >= 4 is 11.6 Å². The summed E-state index contributed by atoms with van der Waals surface area (Å²) in [6.45, 7) is 7.82. The van der Waals surface area contributed by atoms with Gasteiger partial charge in [0.15, 0.2) is 0 Å². The molecule has 0 aliphatic rings. The van der Waals surface area contributed by atoms with Gasteiger partial charge in [0, 0.05) is 5.69 Å². The number of aliphatic hydroxyl groups is 1. The fraction of sp³-hybridized carbons (Fsp3) is 0.533. The minimum absolute atomic E-state index is 0.121. The number of rotatable bonds is 5. The van der Waals surface area contributed by atoms with Gasteiger partial charge in [-0.25, -0.2) is 0 Å². The number of carbonyl (C=O) groups is 1. The minimum atomic E-state index is -0.620. The van der Waals surface area contributed by atoms with Crippen molar-refractivity contribution in [1.82, 2.24) is 0 Å². The molecule has 0 radical (unpaired) electrons. The topological polar surface area (TPSA) is 49.3 Å². The van der Waals surface area contributed by atoms with E-state index >= 15 is 0 Å². The monoisotopic (exact) mass is 249 g/mol. The van der Waals surface area contributed by atoms with Gasteiger partial charge in [-0.15, -0.1) is 0 Å². The third-order valence-corrected chi connectivity index (χ3v) is 3.20. The molecule has 0 fully saturated rings. The predicted octanol–water partition coefficient (Wildman–Crippen LogP) is 3.16. The highest BCUT2D eigenvalue weighted by molar-refractivity contribution is 5.92. The number of hydrogen-bond donors (Lipinski definition) is 2. The Bertz CT molecular complexity index is 382. The summed E-state index contributed by atoms with van der Waals surface area (Å²) in [5, 5.41) is 12.4. The normalized spacial score (nSPS) is 14.3. The van der Waals surface area contributed by atoms with Gasteiger partial charge in [-0.1, -0.05) is 32.9 Å². The van der Waals surface area contributed by atoms with Gasteiger partial charge in [0.1, 0.15) is 0 Å². The van der Waals surface area contributed by atoms with Gasteiger partial charge < -0.3 is 10.4 Å². The Labute approximate surface area is 109 Å². The number of amides is 1. The summed E-state index contributed by atoms with van der Waals surface area (Å²) in [6, 6.07) is 7.84. The van der Waals surface area contributed by atoms with Crippen LogP contribution in [-0.2, 0) is 4.79 Å². The third-order valence-electron chi connectivity index (χ3n) is 3.20.